The molecule has 4 fully saturated rings. The molecule has 0 radical (unpaired) electrons. The Labute approximate surface area is 171 Å². The molecule has 29 heavy (non-hydrogen) atoms. The highest BCUT2D eigenvalue weighted by molar-refractivity contribution is 6.28. The van der Waals surface area contributed by atoms with Gasteiger partial charge in [-0.2, -0.15) is 8.78 Å². The number of amides is 1. The Hall–Kier alpha value is -2.22. The van der Waals surface area contributed by atoms with Crippen LogP contribution in [-0.2, 0) is 10.3 Å². The number of anilines is 1. The quantitative estimate of drug-likeness (QED) is 0.772. The predicted molar refractivity (Wildman–Crippen MR) is 102 cm³/mol. The van der Waals surface area contributed by atoms with Crippen molar-refractivity contribution in [3.05, 3.63) is 35.9 Å². The minimum absolute atomic E-state index is 0.0293. The molecule has 1 heterocycles. The van der Waals surface area contributed by atoms with E-state index >= 15 is 0 Å². The summed E-state index contributed by atoms with van der Waals surface area (Å²) in [6.45, 7) is -2.95. The maximum atomic E-state index is 13.5. The number of carbonyl (C=O) groups is 1. The summed E-state index contributed by atoms with van der Waals surface area (Å²) < 4.78 is 31.9. The van der Waals surface area contributed by atoms with Crippen molar-refractivity contribution in [2.75, 3.05) is 5.32 Å². The van der Waals surface area contributed by atoms with Crippen LogP contribution in [0.1, 0.15) is 38.5 Å². The molecule has 0 unspecified atom stereocenters. The summed E-state index contributed by atoms with van der Waals surface area (Å²) in [5, 5.41) is 7.44. The van der Waals surface area contributed by atoms with Crippen molar-refractivity contribution in [2.24, 2.45) is 17.3 Å². The van der Waals surface area contributed by atoms with Gasteiger partial charge in [0.15, 0.2) is 0 Å². The van der Waals surface area contributed by atoms with E-state index in [1.165, 1.54) is 6.07 Å². The molecule has 1 N–H and O–H groups in total. The largest absolute Gasteiger partial charge is 0.433 e. The van der Waals surface area contributed by atoms with Gasteiger partial charge in [-0.15, -0.1) is 5.10 Å². The first-order valence-electron chi connectivity index (χ1n) is 9.80. The molecule has 2 aromatic rings. The van der Waals surface area contributed by atoms with Gasteiger partial charge in [0.1, 0.15) is 12.1 Å². The normalized spacial score (nSPS) is 32.6. The molecule has 0 spiro atoms. The first-order valence-corrected chi connectivity index (χ1v) is 10.2. The summed E-state index contributed by atoms with van der Waals surface area (Å²) in [4.78, 5) is 17.5. The molecule has 1 aromatic heterocycles. The molecular formula is C20H21ClF2N4O2. The number of para-hydroxylation sites is 2. The summed E-state index contributed by atoms with van der Waals surface area (Å²) in [6, 6.07) is 6.30. The third kappa shape index (κ3) is 3.17. The van der Waals surface area contributed by atoms with Gasteiger partial charge >= 0.3 is 6.61 Å². The molecule has 6 rings (SSSR count). The minimum Gasteiger partial charge on any atom is -0.433 e. The van der Waals surface area contributed by atoms with E-state index < -0.39 is 12.0 Å². The lowest BCUT2D eigenvalue weighted by Gasteiger charge is -2.60. The summed E-state index contributed by atoms with van der Waals surface area (Å²) in [6.07, 6.45) is 6.95. The van der Waals surface area contributed by atoms with Crippen LogP contribution in [0.25, 0.3) is 0 Å². The molecule has 0 aliphatic heterocycles. The number of benzene rings is 1. The number of rotatable bonds is 5. The molecule has 4 bridgehead atoms. The number of hydrogen-bond acceptors (Lipinski definition) is 4. The summed E-state index contributed by atoms with van der Waals surface area (Å²) in [5.74, 6) is 0.695. The number of carbonyl (C=O) groups excluding carboxylic acids is 1. The number of nitrogens with zero attached hydrogens (tertiary/aromatic N) is 3. The second kappa shape index (κ2) is 6.65. The van der Waals surface area contributed by atoms with Gasteiger partial charge < -0.3 is 10.1 Å². The molecule has 9 heteroatoms. The van der Waals surface area contributed by atoms with Crippen molar-refractivity contribution in [3.63, 3.8) is 0 Å². The number of aromatic nitrogens is 3. The Morgan fingerprint density at radius 2 is 1.97 bits per heavy atom. The van der Waals surface area contributed by atoms with Gasteiger partial charge in [-0.25, -0.2) is 9.67 Å². The number of nitrogens with one attached hydrogen (secondary N) is 1. The molecule has 154 valence electrons. The van der Waals surface area contributed by atoms with Gasteiger partial charge in [0.05, 0.1) is 16.6 Å². The lowest BCUT2D eigenvalue weighted by atomic mass is 9.46. The predicted octanol–water partition coefficient (Wildman–Crippen LogP) is 4.47. The van der Waals surface area contributed by atoms with Crippen molar-refractivity contribution in [2.45, 2.75) is 50.7 Å². The van der Waals surface area contributed by atoms with Crippen LogP contribution < -0.4 is 10.1 Å². The molecule has 0 saturated heterocycles. The highest BCUT2D eigenvalue weighted by Crippen LogP contribution is 2.64. The smallest absolute Gasteiger partial charge is 0.387 e. The van der Waals surface area contributed by atoms with Crippen LogP contribution in [0.5, 0.6) is 5.75 Å². The molecule has 4 saturated carbocycles. The van der Waals surface area contributed by atoms with Gasteiger partial charge in [0.2, 0.25) is 11.2 Å². The van der Waals surface area contributed by atoms with Crippen molar-refractivity contribution in [3.8, 4) is 5.75 Å². The minimum atomic E-state index is -2.95. The van der Waals surface area contributed by atoms with Gasteiger partial charge in [0.25, 0.3) is 0 Å². The van der Waals surface area contributed by atoms with E-state index in [1.54, 1.807) is 24.5 Å². The van der Waals surface area contributed by atoms with Crippen molar-refractivity contribution >= 4 is 23.2 Å². The molecule has 6 nitrogen and oxygen atoms in total. The molecule has 4 aliphatic rings. The van der Waals surface area contributed by atoms with E-state index in [-0.39, 0.29) is 28.2 Å². The van der Waals surface area contributed by atoms with Crippen molar-refractivity contribution in [1.29, 1.82) is 0 Å². The number of halogens is 3. The van der Waals surface area contributed by atoms with Gasteiger partial charge in [-0.05, 0) is 74.1 Å². The summed E-state index contributed by atoms with van der Waals surface area (Å²) in [7, 11) is 0. The summed E-state index contributed by atoms with van der Waals surface area (Å²) in [5.41, 5.74) is -0.549. The second-order valence-electron chi connectivity index (χ2n) is 8.75. The molecule has 2 atom stereocenters. The fraction of sp³-hybridized carbons (Fsp3) is 0.550. The van der Waals surface area contributed by atoms with E-state index in [0.29, 0.717) is 18.3 Å². The monoisotopic (exact) mass is 422 g/mol. The van der Waals surface area contributed by atoms with Gasteiger partial charge in [0, 0.05) is 0 Å². The highest BCUT2D eigenvalue weighted by atomic mass is 35.5. The lowest BCUT2D eigenvalue weighted by molar-refractivity contribution is -0.150. The topological polar surface area (TPSA) is 69.0 Å². The number of alkyl halides is 2. The van der Waals surface area contributed by atoms with E-state index in [4.69, 9.17) is 11.6 Å². The van der Waals surface area contributed by atoms with Crippen LogP contribution >= 0.6 is 11.6 Å². The van der Waals surface area contributed by atoms with Crippen LogP contribution in [0.4, 0.5) is 14.5 Å². The standard InChI is InChI=1S/C20H21ClF2N4O2/c21-17-24-11-27(26-17)20-8-12-5-13(9-20)7-19(6-12,10-20)16(28)25-14-3-1-2-4-15(14)29-18(22)23/h1-4,11-13,18H,5-10H2,(H,25,28)/t12-,13-,19?,20?/m0/s1. The lowest BCUT2D eigenvalue weighted by Crippen LogP contribution is -2.60. The highest BCUT2D eigenvalue weighted by Gasteiger charge is 2.61. The molecule has 1 aromatic carbocycles. The van der Waals surface area contributed by atoms with Crippen LogP contribution in [0, 0.1) is 17.3 Å². The number of ether oxygens (including phenoxy) is 1. The molecule has 1 amide bonds. The number of hydrogen-bond donors (Lipinski definition) is 1. The molecular weight excluding hydrogens is 402 g/mol. The SMILES string of the molecule is O=C(Nc1ccccc1OC(F)F)C12C[C@@H]3C[C@@H](C1)CC(n1cnc(Cl)n1)(C3)C2. The fourth-order valence-electron chi connectivity index (χ4n) is 6.24. The van der Waals surface area contributed by atoms with Gasteiger partial charge in [-0.3, -0.25) is 4.79 Å². The zero-order valence-electron chi connectivity index (χ0n) is 15.7. The fourth-order valence-corrected chi connectivity index (χ4v) is 6.37. The Kier molecular flexibility index (Phi) is 4.31. The zero-order valence-corrected chi connectivity index (χ0v) is 16.4. The first kappa shape index (κ1) is 18.8. The average Bonchev–Trinajstić information content (AvgIpc) is 3.09. The van der Waals surface area contributed by atoms with Crippen molar-refractivity contribution < 1.29 is 18.3 Å². The zero-order chi connectivity index (χ0) is 20.2. The summed E-state index contributed by atoms with van der Waals surface area (Å²) >= 11 is 5.97. The van der Waals surface area contributed by atoms with E-state index in [0.717, 1.165) is 32.1 Å². The van der Waals surface area contributed by atoms with Gasteiger partial charge in [-0.1, -0.05) is 12.1 Å². The molecule has 4 aliphatic carbocycles. The Bertz CT molecular complexity index is 936. The van der Waals surface area contributed by atoms with Crippen LogP contribution in [0.3, 0.4) is 0 Å². The van der Waals surface area contributed by atoms with Crippen molar-refractivity contribution in [1.82, 2.24) is 14.8 Å². The van der Waals surface area contributed by atoms with Crippen LogP contribution in [0.15, 0.2) is 30.6 Å². The van der Waals surface area contributed by atoms with Crippen LogP contribution in [-0.4, -0.2) is 27.3 Å². The third-order valence-corrected chi connectivity index (χ3v) is 6.99. The second-order valence-corrected chi connectivity index (χ2v) is 9.09. The van der Waals surface area contributed by atoms with E-state index in [2.05, 4.69) is 20.1 Å². The third-order valence-electron chi connectivity index (χ3n) is 6.81. The van der Waals surface area contributed by atoms with E-state index in [9.17, 15) is 13.6 Å². The average molecular weight is 423 g/mol. The van der Waals surface area contributed by atoms with E-state index in [1.807, 2.05) is 4.68 Å². The first-order chi connectivity index (χ1) is 13.9. The Morgan fingerprint density at radius 3 is 2.62 bits per heavy atom. The Balaban J connectivity index is 1.45. The van der Waals surface area contributed by atoms with Crippen LogP contribution in [0.2, 0.25) is 5.28 Å². The Morgan fingerprint density at radius 1 is 1.24 bits per heavy atom. The maximum absolute atomic E-state index is 13.5. The maximum Gasteiger partial charge on any atom is 0.387 e.